The van der Waals surface area contributed by atoms with Crippen LogP contribution in [0.4, 0.5) is 5.82 Å². The number of hydrogen-bond donors (Lipinski definition) is 1. The lowest BCUT2D eigenvalue weighted by molar-refractivity contribution is 0.281. The van der Waals surface area contributed by atoms with Gasteiger partial charge in [-0.2, -0.15) is 0 Å². The third-order valence-electron chi connectivity index (χ3n) is 6.52. The minimum Gasteiger partial charge on any atom is -0.290 e. The highest BCUT2D eigenvalue weighted by Crippen LogP contribution is 2.40. The van der Waals surface area contributed by atoms with Gasteiger partial charge in [0.05, 0.1) is 5.52 Å². The van der Waals surface area contributed by atoms with E-state index in [1.54, 1.807) is 0 Å². The van der Waals surface area contributed by atoms with Crippen molar-refractivity contribution < 1.29 is 0 Å². The molecular weight excluding hydrogens is 402 g/mol. The summed E-state index contributed by atoms with van der Waals surface area (Å²) in [5.41, 5.74) is 7.72. The molecule has 1 atom stereocenters. The molecule has 0 amide bonds. The minimum atomic E-state index is 0.0535. The molecule has 3 heteroatoms. The molecule has 0 saturated heterocycles. The first-order chi connectivity index (χ1) is 16.2. The van der Waals surface area contributed by atoms with E-state index in [1.807, 2.05) is 41.5 Å². The number of benzene rings is 2. The maximum absolute atomic E-state index is 5.15. The highest BCUT2D eigenvalue weighted by molar-refractivity contribution is 6.11. The van der Waals surface area contributed by atoms with Gasteiger partial charge in [0.2, 0.25) is 0 Å². The molecule has 1 N–H and O–H groups in total. The average molecular weight is 448 g/mol. The first-order valence-electron chi connectivity index (χ1n) is 13.2. The molecule has 0 saturated carbocycles. The molecule has 1 aliphatic heterocycles. The van der Waals surface area contributed by atoms with Gasteiger partial charge in [-0.05, 0) is 43.1 Å². The average Bonchev–Trinajstić information content (AvgIpc) is 2.91. The lowest BCUT2D eigenvalue weighted by Crippen LogP contribution is -2.43. The van der Waals surface area contributed by atoms with Gasteiger partial charge in [0.15, 0.2) is 5.82 Å². The third-order valence-corrected chi connectivity index (χ3v) is 6.52. The molecule has 1 aromatic heterocycles. The Morgan fingerprint density at radius 1 is 0.879 bits per heavy atom. The predicted molar refractivity (Wildman–Crippen MR) is 148 cm³/mol. The zero-order valence-electron chi connectivity index (χ0n) is 22.3. The smallest absolute Gasteiger partial charge is 0.153 e. The molecule has 5 rings (SSSR count). The number of nitrogens with one attached hydrogen (secondary N) is 1. The Morgan fingerprint density at radius 2 is 1.55 bits per heavy atom. The summed E-state index contributed by atoms with van der Waals surface area (Å²) >= 11 is 0. The van der Waals surface area contributed by atoms with Crippen molar-refractivity contribution in [2.75, 3.05) is 12.0 Å². The van der Waals surface area contributed by atoms with Gasteiger partial charge in [-0.15, -0.1) is 0 Å². The second kappa shape index (κ2) is 12.6. The number of rotatable bonds is 2. The molecule has 2 heterocycles. The van der Waals surface area contributed by atoms with Gasteiger partial charge in [-0.1, -0.05) is 104 Å². The summed E-state index contributed by atoms with van der Waals surface area (Å²) in [5.74, 6) is 0.982. The summed E-state index contributed by atoms with van der Waals surface area (Å²) in [4.78, 5) is 5.15. The number of fused-ring (bicyclic) bond motifs is 4. The topological polar surface area (TPSA) is 28.2 Å². The van der Waals surface area contributed by atoms with E-state index in [0.717, 1.165) is 30.7 Å². The second-order valence-electron chi connectivity index (χ2n) is 8.26. The Labute approximate surface area is 202 Å². The molecular formula is C30H45N3. The molecule has 2 bridgehead atoms. The van der Waals surface area contributed by atoms with Crippen molar-refractivity contribution in [3.05, 3.63) is 59.8 Å². The van der Waals surface area contributed by atoms with Crippen molar-refractivity contribution in [1.82, 2.24) is 9.99 Å². The van der Waals surface area contributed by atoms with Crippen LogP contribution in [0.15, 0.2) is 54.2 Å². The Hall–Kier alpha value is -2.55. The second-order valence-corrected chi connectivity index (χ2v) is 8.26. The van der Waals surface area contributed by atoms with Crippen molar-refractivity contribution in [2.45, 2.75) is 92.9 Å². The predicted octanol–water partition coefficient (Wildman–Crippen LogP) is 9.23. The summed E-state index contributed by atoms with van der Waals surface area (Å²) in [6.45, 7) is 17.7. The van der Waals surface area contributed by atoms with Gasteiger partial charge >= 0.3 is 0 Å². The van der Waals surface area contributed by atoms with Crippen LogP contribution >= 0.6 is 0 Å². The van der Waals surface area contributed by atoms with Crippen LogP contribution in [-0.2, 0) is 5.41 Å². The number of allylic oxidation sites excluding steroid dienone is 2. The van der Waals surface area contributed by atoms with Crippen LogP contribution in [0.5, 0.6) is 0 Å². The lowest BCUT2D eigenvalue weighted by atomic mass is 9.78. The van der Waals surface area contributed by atoms with Crippen molar-refractivity contribution in [2.24, 2.45) is 0 Å². The number of hydrogen-bond acceptors (Lipinski definition) is 3. The number of pyridine rings is 1. The Kier molecular flexibility index (Phi) is 10.2. The molecule has 0 fully saturated rings. The molecule has 180 valence electrons. The standard InChI is InChI=1S/C24H27N3.3C2H6/c1-3-24(2)16-27(17-10-5-4-6-11-17)26-23-20-13-8-7-12-18(20)19-14-9-15-21(24)22(19)25-23;3*1-2/h7-10,12-15H,3-6,11,16H2,1-2H3,(H,25,26);3*1-2H3. The maximum Gasteiger partial charge on any atom is 0.153 e. The van der Waals surface area contributed by atoms with Crippen molar-refractivity contribution in [3.8, 4) is 0 Å². The van der Waals surface area contributed by atoms with E-state index >= 15 is 0 Å². The molecule has 3 aromatic rings. The van der Waals surface area contributed by atoms with E-state index in [1.165, 1.54) is 46.7 Å². The third kappa shape index (κ3) is 5.34. The number of aromatic nitrogens is 1. The largest absolute Gasteiger partial charge is 0.290 e. The fourth-order valence-electron chi connectivity index (χ4n) is 4.69. The van der Waals surface area contributed by atoms with E-state index in [-0.39, 0.29) is 5.41 Å². The van der Waals surface area contributed by atoms with Crippen LogP contribution in [0, 0.1) is 0 Å². The van der Waals surface area contributed by atoms with E-state index < -0.39 is 0 Å². The van der Waals surface area contributed by atoms with E-state index in [2.05, 4.69) is 72.8 Å². The van der Waals surface area contributed by atoms with Crippen molar-refractivity contribution in [1.29, 1.82) is 0 Å². The number of nitrogens with zero attached hydrogens (tertiary/aromatic N) is 2. The quantitative estimate of drug-likeness (QED) is 0.397. The summed E-state index contributed by atoms with van der Waals surface area (Å²) in [6.07, 6.45) is 8.41. The molecule has 0 spiro atoms. The summed E-state index contributed by atoms with van der Waals surface area (Å²) in [7, 11) is 0. The fourth-order valence-corrected chi connectivity index (χ4v) is 4.69. The highest BCUT2D eigenvalue weighted by Gasteiger charge is 2.33. The van der Waals surface area contributed by atoms with Gasteiger partial charge in [-0.25, -0.2) is 4.98 Å². The van der Waals surface area contributed by atoms with Crippen LogP contribution in [0.1, 0.15) is 93.1 Å². The van der Waals surface area contributed by atoms with Crippen molar-refractivity contribution >= 4 is 27.5 Å². The zero-order chi connectivity index (χ0) is 24.4. The van der Waals surface area contributed by atoms with Crippen LogP contribution < -0.4 is 5.43 Å². The summed E-state index contributed by atoms with van der Waals surface area (Å²) in [6, 6.07) is 15.4. The SMILES string of the molecule is CC.CC.CC.CCC1(C)CN(C2=CCCCC2)Nc2nc3c1cccc3c1ccccc21. The Balaban J connectivity index is 0.000000597. The van der Waals surface area contributed by atoms with Crippen LogP contribution in [-0.4, -0.2) is 16.5 Å². The van der Waals surface area contributed by atoms with E-state index in [0.29, 0.717) is 0 Å². The van der Waals surface area contributed by atoms with Crippen molar-refractivity contribution in [3.63, 3.8) is 0 Å². The first kappa shape index (κ1) is 26.7. The molecule has 0 radical (unpaired) electrons. The normalized spacial score (nSPS) is 18.9. The van der Waals surface area contributed by atoms with Gasteiger partial charge in [-0.3, -0.25) is 10.4 Å². The molecule has 3 nitrogen and oxygen atoms in total. The molecule has 2 aromatic carbocycles. The van der Waals surface area contributed by atoms with Gasteiger partial charge in [0.25, 0.3) is 0 Å². The number of para-hydroxylation sites is 1. The van der Waals surface area contributed by atoms with Crippen LogP contribution in [0.25, 0.3) is 21.7 Å². The maximum atomic E-state index is 5.15. The molecule has 1 unspecified atom stereocenters. The number of anilines is 1. The summed E-state index contributed by atoms with van der Waals surface area (Å²) in [5, 5.41) is 6.13. The molecule has 1 aliphatic carbocycles. The van der Waals surface area contributed by atoms with Gasteiger partial charge in [0, 0.05) is 28.4 Å². The summed E-state index contributed by atoms with van der Waals surface area (Å²) < 4.78 is 0. The van der Waals surface area contributed by atoms with Gasteiger partial charge in [0.1, 0.15) is 0 Å². The molecule has 2 aliphatic rings. The van der Waals surface area contributed by atoms with Crippen LogP contribution in [0.2, 0.25) is 0 Å². The fraction of sp³-hybridized carbons (Fsp3) is 0.500. The Morgan fingerprint density at radius 3 is 2.18 bits per heavy atom. The Bertz CT molecular complexity index is 1050. The van der Waals surface area contributed by atoms with E-state index in [4.69, 9.17) is 4.98 Å². The zero-order valence-corrected chi connectivity index (χ0v) is 22.3. The first-order valence-corrected chi connectivity index (χ1v) is 13.2. The lowest BCUT2D eigenvalue weighted by Gasteiger charge is -2.41. The minimum absolute atomic E-state index is 0.0535. The molecule has 33 heavy (non-hydrogen) atoms. The number of hydrazine groups is 1. The van der Waals surface area contributed by atoms with E-state index in [9.17, 15) is 0 Å². The highest BCUT2D eigenvalue weighted by atomic mass is 15.5. The monoisotopic (exact) mass is 447 g/mol. The van der Waals surface area contributed by atoms with Gasteiger partial charge < -0.3 is 0 Å². The van der Waals surface area contributed by atoms with Crippen LogP contribution in [0.3, 0.4) is 0 Å².